The van der Waals surface area contributed by atoms with Crippen LogP contribution in [0.25, 0.3) is 0 Å². The van der Waals surface area contributed by atoms with Crippen LogP contribution in [-0.4, -0.2) is 57.1 Å². The molecular formula is C28H41N3O5S. The Hall–Kier alpha value is -3.07. The third kappa shape index (κ3) is 9.39. The van der Waals surface area contributed by atoms with E-state index >= 15 is 0 Å². The molecule has 1 atom stereocenters. The number of anilines is 1. The van der Waals surface area contributed by atoms with Gasteiger partial charge in [-0.1, -0.05) is 43.7 Å². The van der Waals surface area contributed by atoms with Crippen molar-refractivity contribution in [3.8, 4) is 5.75 Å². The summed E-state index contributed by atoms with van der Waals surface area (Å²) in [5.74, 6) is 0.310. The van der Waals surface area contributed by atoms with Crippen LogP contribution in [0.15, 0.2) is 48.5 Å². The average molecular weight is 532 g/mol. The van der Waals surface area contributed by atoms with Crippen molar-refractivity contribution in [1.29, 1.82) is 0 Å². The molecule has 9 heteroatoms. The van der Waals surface area contributed by atoms with Gasteiger partial charge in [-0.3, -0.25) is 13.9 Å². The largest absolute Gasteiger partial charge is 0.494 e. The maximum absolute atomic E-state index is 13.4. The van der Waals surface area contributed by atoms with Gasteiger partial charge in [0.05, 0.1) is 18.6 Å². The Balaban J connectivity index is 2.18. The molecule has 37 heavy (non-hydrogen) atoms. The Bertz CT molecular complexity index is 1100. The van der Waals surface area contributed by atoms with Gasteiger partial charge in [0.1, 0.15) is 11.8 Å². The van der Waals surface area contributed by atoms with E-state index in [1.807, 2.05) is 52.0 Å². The normalized spacial score (nSPS) is 12.0. The van der Waals surface area contributed by atoms with E-state index in [0.29, 0.717) is 44.0 Å². The lowest BCUT2D eigenvalue weighted by atomic mass is 10.1. The van der Waals surface area contributed by atoms with Gasteiger partial charge in [0.25, 0.3) is 0 Å². The van der Waals surface area contributed by atoms with Gasteiger partial charge in [0.2, 0.25) is 21.8 Å². The van der Waals surface area contributed by atoms with Crippen molar-refractivity contribution in [1.82, 2.24) is 10.2 Å². The molecule has 0 heterocycles. The van der Waals surface area contributed by atoms with Gasteiger partial charge in [-0.2, -0.15) is 0 Å². The van der Waals surface area contributed by atoms with Crippen molar-refractivity contribution < 1.29 is 22.7 Å². The van der Waals surface area contributed by atoms with Crippen LogP contribution in [-0.2, 0) is 26.2 Å². The van der Waals surface area contributed by atoms with Gasteiger partial charge >= 0.3 is 0 Å². The predicted octanol–water partition coefficient (Wildman–Crippen LogP) is 4.27. The number of rotatable bonds is 15. The molecule has 2 aromatic rings. The zero-order valence-corrected chi connectivity index (χ0v) is 23.5. The molecule has 2 rings (SSSR count). The highest BCUT2D eigenvalue weighted by Gasteiger charge is 2.28. The molecule has 0 bridgehead atoms. The first-order chi connectivity index (χ1) is 17.6. The summed E-state index contributed by atoms with van der Waals surface area (Å²) in [5, 5.41) is 2.91. The molecule has 8 nitrogen and oxygen atoms in total. The maximum atomic E-state index is 13.4. The van der Waals surface area contributed by atoms with E-state index in [9.17, 15) is 18.0 Å². The highest BCUT2D eigenvalue weighted by molar-refractivity contribution is 7.92. The minimum atomic E-state index is -3.56. The minimum Gasteiger partial charge on any atom is -0.494 e. The lowest BCUT2D eigenvalue weighted by Gasteiger charge is -2.31. The van der Waals surface area contributed by atoms with Gasteiger partial charge in [0.15, 0.2) is 0 Å². The van der Waals surface area contributed by atoms with E-state index < -0.39 is 16.1 Å². The number of nitrogens with one attached hydrogen (secondary N) is 1. The zero-order chi connectivity index (χ0) is 27.4. The summed E-state index contributed by atoms with van der Waals surface area (Å²) in [5.41, 5.74) is 2.57. The van der Waals surface area contributed by atoms with Crippen LogP contribution < -0.4 is 14.4 Å². The van der Waals surface area contributed by atoms with Gasteiger partial charge in [0, 0.05) is 26.1 Å². The molecule has 2 aromatic carbocycles. The Morgan fingerprint density at radius 2 is 1.65 bits per heavy atom. The van der Waals surface area contributed by atoms with Crippen molar-refractivity contribution in [3.05, 3.63) is 59.7 Å². The first-order valence-corrected chi connectivity index (χ1v) is 14.8. The summed E-state index contributed by atoms with van der Waals surface area (Å²) >= 11 is 0. The van der Waals surface area contributed by atoms with E-state index in [-0.39, 0.29) is 24.8 Å². The fraction of sp³-hybridized carbons (Fsp3) is 0.500. The molecule has 0 spiro atoms. The van der Waals surface area contributed by atoms with E-state index in [0.717, 1.165) is 23.8 Å². The third-order valence-electron chi connectivity index (χ3n) is 6.00. The molecule has 0 saturated carbocycles. The lowest BCUT2D eigenvalue weighted by molar-refractivity contribution is -0.141. The van der Waals surface area contributed by atoms with Crippen LogP contribution in [0.3, 0.4) is 0 Å². The van der Waals surface area contributed by atoms with Crippen molar-refractivity contribution in [2.45, 2.75) is 66.0 Å². The highest BCUT2D eigenvalue weighted by atomic mass is 32.2. The summed E-state index contributed by atoms with van der Waals surface area (Å²) in [6, 6.07) is 14.1. The number of aryl methyl sites for hydroxylation is 1. The van der Waals surface area contributed by atoms with Crippen molar-refractivity contribution >= 4 is 27.5 Å². The fourth-order valence-corrected chi connectivity index (χ4v) is 5.02. The summed E-state index contributed by atoms with van der Waals surface area (Å²) in [4.78, 5) is 28.0. The number of hydrogen-bond donors (Lipinski definition) is 1. The van der Waals surface area contributed by atoms with Gasteiger partial charge in [-0.05, 0) is 62.9 Å². The Labute approximate surface area is 222 Å². The Morgan fingerprint density at radius 1 is 1.00 bits per heavy atom. The standard InChI is InChI=1S/C28H41N3O5S/c1-6-19-29-28(33)26(7-2)30(21-23-13-11-22(4)12-14-23)27(32)10-9-20-31(37(5,34)35)24-15-17-25(18-16-24)36-8-3/h11-18,26H,6-10,19-21H2,1-5H3,(H,29,33)/t26-/m0/s1. The van der Waals surface area contributed by atoms with Crippen molar-refractivity contribution in [2.75, 3.05) is 30.3 Å². The lowest BCUT2D eigenvalue weighted by Crippen LogP contribution is -2.49. The predicted molar refractivity (Wildman–Crippen MR) is 148 cm³/mol. The summed E-state index contributed by atoms with van der Waals surface area (Å²) in [6.07, 6.45) is 2.87. The molecule has 1 N–H and O–H groups in total. The van der Waals surface area contributed by atoms with Gasteiger partial charge in [-0.25, -0.2) is 8.42 Å². The van der Waals surface area contributed by atoms with Crippen LogP contribution in [0.1, 0.15) is 57.6 Å². The first-order valence-electron chi connectivity index (χ1n) is 12.9. The number of amides is 2. The number of carbonyl (C=O) groups is 2. The van der Waals surface area contributed by atoms with Crippen LogP contribution in [0.4, 0.5) is 5.69 Å². The molecule has 0 unspecified atom stereocenters. The monoisotopic (exact) mass is 531 g/mol. The number of benzene rings is 2. The molecule has 0 aliphatic heterocycles. The third-order valence-corrected chi connectivity index (χ3v) is 7.19. The van der Waals surface area contributed by atoms with E-state index in [2.05, 4.69) is 5.32 Å². The van der Waals surface area contributed by atoms with Crippen LogP contribution in [0.2, 0.25) is 0 Å². The average Bonchev–Trinajstić information content (AvgIpc) is 2.86. The number of hydrogen-bond acceptors (Lipinski definition) is 5. The molecule has 0 aliphatic rings. The number of ether oxygens (including phenoxy) is 1. The van der Waals surface area contributed by atoms with Crippen LogP contribution in [0, 0.1) is 6.92 Å². The Kier molecular flexibility index (Phi) is 11.9. The number of sulfonamides is 1. The first kappa shape index (κ1) is 30.2. The van der Waals surface area contributed by atoms with E-state index in [1.54, 1.807) is 29.2 Å². The highest BCUT2D eigenvalue weighted by Crippen LogP contribution is 2.23. The summed E-state index contributed by atoms with van der Waals surface area (Å²) in [6.45, 7) is 9.28. The zero-order valence-electron chi connectivity index (χ0n) is 22.7. The van der Waals surface area contributed by atoms with Gasteiger partial charge in [-0.15, -0.1) is 0 Å². The second-order valence-corrected chi connectivity index (χ2v) is 11.0. The quantitative estimate of drug-likeness (QED) is 0.370. The molecule has 0 fully saturated rings. The second kappa shape index (κ2) is 14.6. The number of nitrogens with zero attached hydrogens (tertiary/aromatic N) is 2. The van der Waals surface area contributed by atoms with Gasteiger partial charge < -0.3 is 15.0 Å². The minimum absolute atomic E-state index is 0.118. The smallest absolute Gasteiger partial charge is 0.242 e. The van der Waals surface area contributed by atoms with Crippen molar-refractivity contribution in [3.63, 3.8) is 0 Å². The van der Waals surface area contributed by atoms with Crippen LogP contribution >= 0.6 is 0 Å². The molecule has 0 aliphatic carbocycles. The molecule has 2 amide bonds. The summed E-state index contributed by atoms with van der Waals surface area (Å²) in [7, 11) is -3.56. The fourth-order valence-electron chi connectivity index (χ4n) is 4.05. The van der Waals surface area contributed by atoms with E-state index in [4.69, 9.17) is 4.74 Å². The molecule has 204 valence electrons. The topological polar surface area (TPSA) is 96.0 Å². The van der Waals surface area contributed by atoms with Crippen LogP contribution in [0.5, 0.6) is 5.75 Å². The maximum Gasteiger partial charge on any atom is 0.242 e. The van der Waals surface area contributed by atoms with Crippen molar-refractivity contribution in [2.24, 2.45) is 0 Å². The second-order valence-electron chi connectivity index (χ2n) is 9.09. The SMILES string of the molecule is CCCNC(=O)[C@H](CC)N(Cc1ccc(C)cc1)C(=O)CCCN(c1ccc(OCC)cc1)S(C)(=O)=O. The molecule has 0 radical (unpaired) electrons. The Morgan fingerprint density at radius 3 is 2.19 bits per heavy atom. The molecular weight excluding hydrogens is 490 g/mol. The summed E-state index contributed by atoms with van der Waals surface area (Å²) < 4.78 is 31.8. The van der Waals surface area contributed by atoms with E-state index in [1.165, 1.54) is 4.31 Å². The number of carbonyl (C=O) groups excluding carboxylic acids is 2. The molecule has 0 saturated heterocycles. The molecule has 0 aromatic heterocycles.